The molecule has 4 atom stereocenters. The monoisotopic (exact) mass is 215 g/mol. The Morgan fingerprint density at radius 1 is 1.29 bits per heavy atom. The third-order valence-corrected chi connectivity index (χ3v) is 4.54. The van der Waals surface area contributed by atoms with Gasteiger partial charge in [0, 0.05) is 6.04 Å². The summed E-state index contributed by atoms with van der Waals surface area (Å²) in [6.45, 7) is 4.77. The first-order chi connectivity index (χ1) is 6.65. The molecule has 4 unspecified atom stereocenters. The maximum Gasteiger partial charge on any atom is 0.00751 e. The van der Waals surface area contributed by atoms with E-state index >= 15 is 0 Å². The lowest BCUT2D eigenvalue weighted by molar-refractivity contribution is 0.184. The number of hydrogen-bond acceptors (Lipinski definition) is 2. The Hall–Kier alpha value is 0.310. The van der Waals surface area contributed by atoms with E-state index in [0.29, 0.717) is 6.04 Å². The highest BCUT2D eigenvalue weighted by atomic mass is 32.2. The number of hydrogen-bond donors (Lipinski definition) is 1. The fraction of sp³-hybridized carbons (Fsp3) is 1.00. The summed E-state index contributed by atoms with van der Waals surface area (Å²) in [5.74, 6) is 3.82. The van der Waals surface area contributed by atoms with Gasteiger partial charge in [-0.05, 0) is 49.0 Å². The molecule has 14 heavy (non-hydrogen) atoms. The van der Waals surface area contributed by atoms with Crippen molar-refractivity contribution in [2.24, 2.45) is 23.5 Å². The summed E-state index contributed by atoms with van der Waals surface area (Å²) in [5, 5.41) is 0. The van der Waals surface area contributed by atoms with E-state index in [1.54, 1.807) is 0 Å². The zero-order chi connectivity index (χ0) is 10.6. The molecule has 2 heteroatoms. The molecule has 1 nitrogen and oxygen atoms in total. The molecule has 1 rings (SSSR count). The molecular weight excluding hydrogens is 190 g/mol. The second-order valence-corrected chi connectivity index (χ2v) is 5.96. The lowest BCUT2D eigenvalue weighted by Gasteiger charge is -2.35. The van der Waals surface area contributed by atoms with Gasteiger partial charge in [0.05, 0.1) is 0 Å². The smallest absolute Gasteiger partial charge is 0.00751 e. The van der Waals surface area contributed by atoms with Gasteiger partial charge in [0.15, 0.2) is 0 Å². The zero-order valence-corrected chi connectivity index (χ0v) is 10.6. The molecule has 0 bridgehead atoms. The molecule has 2 N–H and O–H groups in total. The summed E-state index contributed by atoms with van der Waals surface area (Å²) in [6.07, 6.45) is 7.47. The Bertz CT molecular complexity index is 160. The maximum atomic E-state index is 6.23. The molecule has 0 aromatic rings. The summed E-state index contributed by atoms with van der Waals surface area (Å²) < 4.78 is 0. The van der Waals surface area contributed by atoms with Crippen LogP contribution in [0.25, 0.3) is 0 Å². The number of thioether (sulfide) groups is 1. The van der Waals surface area contributed by atoms with Crippen LogP contribution in [0.5, 0.6) is 0 Å². The first kappa shape index (κ1) is 12.4. The molecule has 0 heterocycles. The average Bonchev–Trinajstić information content (AvgIpc) is 2.18. The number of nitrogens with two attached hydrogens (primary N) is 1. The summed E-state index contributed by atoms with van der Waals surface area (Å²) in [6, 6.07) is 0.456. The van der Waals surface area contributed by atoms with Crippen LogP contribution < -0.4 is 5.73 Å². The SMILES string of the molecule is CSCCC(N)C1CCC(C)C(C)C1. The Morgan fingerprint density at radius 3 is 2.57 bits per heavy atom. The quantitative estimate of drug-likeness (QED) is 0.779. The molecule has 0 spiro atoms. The molecule has 1 fully saturated rings. The Kier molecular flexibility index (Phi) is 5.32. The fourth-order valence-electron chi connectivity index (χ4n) is 2.47. The molecule has 1 aliphatic carbocycles. The number of rotatable bonds is 4. The molecule has 84 valence electrons. The molecule has 0 aromatic heterocycles. The first-order valence-electron chi connectivity index (χ1n) is 5.89. The van der Waals surface area contributed by atoms with Gasteiger partial charge in [-0.2, -0.15) is 11.8 Å². The van der Waals surface area contributed by atoms with Crippen molar-refractivity contribution in [3.8, 4) is 0 Å². The van der Waals surface area contributed by atoms with E-state index in [0.717, 1.165) is 17.8 Å². The zero-order valence-electron chi connectivity index (χ0n) is 9.83. The van der Waals surface area contributed by atoms with Gasteiger partial charge in [0.1, 0.15) is 0 Å². The molecule has 0 aliphatic heterocycles. The molecule has 0 saturated heterocycles. The van der Waals surface area contributed by atoms with E-state index in [9.17, 15) is 0 Å². The minimum Gasteiger partial charge on any atom is -0.327 e. The van der Waals surface area contributed by atoms with E-state index in [-0.39, 0.29) is 0 Å². The highest BCUT2D eigenvalue weighted by Crippen LogP contribution is 2.35. The lowest BCUT2D eigenvalue weighted by atomic mass is 9.73. The Balaban J connectivity index is 2.30. The lowest BCUT2D eigenvalue weighted by Crippen LogP contribution is -2.35. The second kappa shape index (κ2) is 6.02. The van der Waals surface area contributed by atoms with Gasteiger partial charge in [-0.1, -0.05) is 20.3 Å². The van der Waals surface area contributed by atoms with Crippen molar-refractivity contribution in [3.63, 3.8) is 0 Å². The van der Waals surface area contributed by atoms with Crippen LogP contribution >= 0.6 is 11.8 Å². The van der Waals surface area contributed by atoms with Gasteiger partial charge >= 0.3 is 0 Å². The van der Waals surface area contributed by atoms with E-state index in [2.05, 4.69) is 20.1 Å². The van der Waals surface area contributed by atoms with Gasteiger partial charge in [0.2, 0.25) is 0 Å². The van der Waals surface area contributed by atoms with Crippen molar-refractivity contribution in [1.29, 1.82) is 0 Å². The molecular formula is C12H25NS. The van der Waals surface area contributed by atoms with Gasteiger partial charge in [-0.15, -0.1) is 0 Å². The summed E-state index contributed by atoms with van der Waals surface area (Å²) in [4.78, 5) is 0. The van der Waals surface area contributed by atoms with E-state index in [1.165, 1.54) is 31.4 Å². The van der Waals surface area contributed by atoms with E-state index in [4.69, 9.17) is 5.73 Å². The van der Waals surface area contributed by atoms with Gasteiger partial charge in [0.25, 0.3) is 0 Å². The van der Waals surface area contributed by atoms with Crippen molar-refractivity contribution < 1.29 is 0 Å². The van der Waals surface area contributed by atoms with E-state index in [1.807, 2.05) is 11.8 Å². The molecule has 0 radical (unpaired) electrons. The van der Waals surface area contributed by atoms with Crippen molar-refractivity contribution in [3.05, 3.63) is 0 Å². The van der Waals surface area contributed by atoms with Crippen LogP contribution in [0.3, 0.4) is 0 Å². The summed E-state index contributed by atoms with van der Waals surface area (Å²) >= 11 is 1.92. The Labute approximate surface area is 93.2 Å². The second-order valence-electron chi connectivity index (χ2n) is 4.97. The maximum absolute atomic E-state index is 6.23. The van der Waals surface area contributed by atoms with Crippen LogP contribution in [-0.2, 0) is 0 Å². The van der Waals surface area contributed by atoms with Crippen LogP contribution in [0.15, 0.2) is 0 Å². The van der Waals surface area contributed by atoms with Crippen LogP contribution in [0.2, 0.25) is 0 Å². The van der Waals surface area contributed by atoms with Crippen LogP contribution in [0, 0.1) is 17.8 Å². The van der Waals surface area contributed by atoms with Crippen molar-refractivity contribution in [2.45, 2.75) is 45.6 Å². The third-order valence-electron chi connectivity index (χ3n) is 3.90. The predicted molar refractivity (Wildman–Crippen MR) is 66.6 cm³/mol. The summed E-state index contributed by atoms with van der Waals surface area (Å²) in [7, 11) is 0. The minimum atomic E-state index is 0.456. The Morgan fingerprint density at radius 2 is 2.00 bits per heavy atom. The van der Waals surface area contributed by atoms with Gasteiger partial charge in [-0.25, -0.2) is 0 Å². The van der Waals surface area contributed by atoms with Crippen molar-refractivity contribution >= 4 is 11.8 Å². The topological polar surface area (TPSA) is 26.0 Å². The van der Waals surface area contributed by atoms with Crippen molar-refractivity contribution in [2.75, 3.05) is 12.0 Å². The fourth-order valence-corrected chi connectivity index (χ4v) is 2.98. The molecule has 1 aliphatic rings. The van der Waals surface area contributed by atoms with Crippen molar-refractivity contribution in [1.82, 2.24) is 0 Å². The third kappa shape index (κ3) is 3.47. The normalized spacial score (nSPS) is 35.6. The summed E-state index contributed by atoms with van der Waals surface area (Å²) in [5.41, 5.74) is 6.23. The minimum absolute atomic E-state index is 0.456. The first-order valence-corrected chi connectivity index (χ1v) is 7.29. The van der Waals surface area contributed by atoms with Gasteiger partial charge in [-0.3, -0.25) is 0 Å². The average molecular weight is 215 g/mol. The standard InChI is InChI=1S/C12H25NS/c1-9-4-5-11(8-10(9)2)12(13)6-7-14-3/h9-12H,4-8,13H2,1-3H3. The van der Waals surface area contributed by atoms with Crippen LogP contribution in [0.4, 0.5) is 0 Å². The highest BCUT2D eigenvalue weighted by Gasteiger charge is 2.27. The molecule has 0 amide bonds. The molecule has 0 aromatic carbocycles. The largest absolute Gasteiger partial charge is 0.327 e. The van der Waals surface area contributed by atoms with Gasteiger partial charge < -0.3 is 5.73 Å². The van der Waals surface area contributed by atoms with Crippen LogP contribution in [-0.4, -0.2) is 18.1 Å². The predicted octanol–water partition coefficient (Wildman–Crippen LogP) is 3.14. The van der Waals surface area contributed by atoms with Crippen LogP contribution in [0.1, 0.15) is 39.5 Å². The highest BCUT2D eigenvalue weighted by molar-refractivity contribution is 7.98. The molecule has 1 saturated carbocycles. The van der Waals surface area contributed by atoms with E-state index < -0.39 is 0 Å².